The largest absolute Gasteiger partial charge is 0.481 e. The molecule has 21 heavy (non-hydrogen) atoms. The van der Waals surface area contributed by atoms with Crippen LogP contribution in [-0.4, -0.2) is 23.5 Å². The van der Waals surface area contributed by atoms with Crippen LogP contribution in [-0.2, 0) is 16.0 Å². The Morgan fingerprint density at radius 2 is 2.00 bits per heavy atom. The molecule has 1 heterocycles. The molecule has 3 rings (SSSR count). The van der Waals surface area contributed by atoms with E-state index in [1.165, 1.54) is 11.3 Å². The minimum absolute atomic E-state index is 0.0133. The summed E-state index contributed by atoms with van der Waals surface area (Å²) in [5, 5.41) is 12.2. The number of carbonyl (C=O) groups excluding carboxylic acids is 1. The normalized spacial score (nSPS) is 29.8. The van der Waals surface area contributed by atoms with E-state index in [0.29, 0.717) is 6.54 Å². The average Bonchev–Trinajstić information content (AvgIpc) is 3.13. The minimum atomic E-state index is -0.864. The van der Waals surface area contributed by atoms with Crippen molar-refractivity contribution in [2.45, 2.75) is 12.8 Å². The first-order valence-electron chi connectivity index (χ1n) is 6.99. The zero-order valence-electron chi connectivity index (χ0n) is 11.3. The van der Waals surface area contributed by atoms with Crippen LogP contribution in [0.3, 0.4) is 0 Å². The maximum Gasteiger partial charge on any atom is 0.307 e. The van der Waals surface area contributed by atoms with Crippen molar-refractivity contribution < 1.29 is 14.7 Å². The first-order valence-corrected chi connectivity index (χ1v) is 8.19. The van der Waals surface area contributed by atoms with Crippen LogP contribution in [0.4, 0.5) is 0 Å². The Hall–Kier alpha value is -1.33. The Labute approximate surface area is 131 Å². The molecule has 1 aromatic heterocycles. The van der Waals surface area contributed by atoms with E-state index in [0.717, 1.165) is 22.1 Å². The van der Waals surface area contributed by atoms with Gasteiger partial charge in [0.05, 0.1) is 16.2 Å². The monoisotopic (exact) mass is 325 g/mol. The molecule has 2 aliphatic carbocycles. The highest BCUT2D eigenvalue weighted by atomic mass is 35.5. The van der Waals surface area contributed by atoms with Crippen LogP contribution < -0.4 is 5.32 Å². The second kappa shape index (κ2) is 5.81. The summed E-state index contributed by atoms with van der Waals surface area (Å²) in [7, 11) is 0. The van der Waals surface area contributed by atoms with E-state index in [4.69, 9.17) is 11.6 Å². The summed E-state index contributed by atoms with van der Waals surface area (Å²) >= 11 is 7.36. The van der Waals surface area contributed by atoms with Gasteiger partial charge in [0.15, 0.2) is 0 Å². The zero-order chi connectivity index (χ0) is 15.0. The van der Waals surface area contributed by atoms with Crippen molar-refractivity contribution in [3.63, 3.8) is 0 Å². The lowest BCUT2D eigenvalue weighted by Crippen LogP contribution is -2.40. The third-order valence-electron chi connectivity index (χ3n) is 4.35. The van der Waals surface area contributed by atoms with Crippen LogP contribution in [0.5, 0.6) is 0 Å². The van der Waals surface area contributed by atoms with Crippen molar-refractivity contribution in [3.05, 3.63) is 33.5 Å². The van der Waals surface area contributed by atoms with Gasteiger partial charge in [-0.15, -0.1) is 11.3 Å². The summed E-state index contributed by atoms with van der Waals surface area (Å²) in [6.07, 6.45) is 5.45. The van der Waals surface area contributed by atoms with Crippen molar-refractivity contribution in [2.24, 2.45) is 23.7 Å². The molecule has 4 unspecified atom stereocenters. The first kappa shape index (κ1) is 14.6. The average molecular weight is 326 g/mol. The molecule has 6 heteroatoms. The minimum Gasteiger partial charge on any atom is -0.481 e. The number of nitrogens with one attached hydrogen (secondary N) is 1. The summed E-state index contributed by atoms with van der Waals surface area (Å²) in [4.78, 5) is 24.8. The molecule has 2 aliphatic rings. The fraction of sp³-hybridized carbons (Fsp3) is 0.467. The number of fused-ring (bicyclic) bond motifs is 2. The van der Waals surface area contributed by atoms with E-state index in [1.54, 1.807) is 0 Å². The lowest BCUT2D eigenvalue weighted by atomic mass is 9.82. The summed E-state index contributed by atoms with van der Waals surface area (Å²) < 4.78 is 0.737. The Balaban J connectivity index is 1.57. The van der Waals surface area contributed by atoms with Crippen molar-refractivity contribution in [1.29, 1.82) is 0 Å². The molecule has 0 aliphatic heterocycles. The molecule has 2 bridgehead atoms. The Morgan fingerprint density at radius 3 is 2.62 bits per heavy atom. The molecule has 1 saturated carbocycles. The maximum atomic E-state index is 12.3. The molecule has 1 amide bonds. The van der Waals surface area contributed by atoms with Gasteiger partial charge in [-0.25, -0.2) is 0 Å². The van der Waals surface area contributed by atoms with E-state index >= 15 is 0 Å². The predicted octanol–water partition coefficient (Wildman–Crippen LogP) is 2.58. The van der Waals surface area contributed by atoms with Crippen molar-refractivity contribution >= 4 is 34.8 Å². The number of rotatable bonds is 5. The number of carboxylic acid groups (broad SMARTS) is 1. The molecular formula is C15H16ClNO3S. The maximum absolute atomic E-state index is 12.3. The number of amides is 1. The Kier molecular flexibility index (Phi) is 4.04. The van der Waals surface area contributed by atoms with Crippen LogP contribution in [0.25, 0.3) is 0 Å². The third-order valence-corrected chi connectivity index (χ3v) is 5.64. The van der Waals surface area contributed by atoms with Crippen LogP contribution in [0.15, 0.2) is 24.3 Å². The number of carboxylic acids is 1. The van der Waals surface area contributed by atoms with Gasteiger partial charge in [0.2, 0.25) is 5.91 Å². The molecular weight excluding hydrogens is 310 g/mol. The zero-order valence-corrected chi connectivity index (χ0v) is 12.9. The fourth-order valence-corrected chi connectivity index (χ4v) is 4.52. The van der Waals surface area contributed by atoms with Gasteiger partial charge in [-0.2, -0.15) is 0 Å². The summed E-state index contributed by atoms with van der Waals surface area (Å²) in [5.74, 6) is -1.91. The number of carbonyl (C=O) groups is 2. The highest BCUT2D eigenvalue weighted by Crippen LogP contribution is 2.48. The van der Waals surface area contributed by atoms with Gasteiger partial charge in [0, 0.05) is 11.4 Å². The van der Waals surface area contributed by atoms with Gasteiger partial charge < -0.3 is 10.4 Å². The lowest BCUT2D eigenvalue weighted by molar-refractivity contribution is -0.147. The van der Waals surface area contributed by atoms with Crippen LogP contribution in [0.1, 0.15) is 11.3 Å². The smallest absolute Gasteiger partial charge is 0.307 e. The molecule has 1 fully saturated rings. The second-order valence-electron chi connectivity index (χ2n) is 5.58. The van der Waals surface area contributed by atoms with Gasteiger partial charge in [-0.05, 0) is 36.8 Å². The van der Waals surface area contributed by atoms with Gasteiger partial charge in [0.1, 0.15) is 0 Å². The highest BCUT2D eigenvalue weighted by Gasteiger charge is 2.51. The highest BCUT2D eigenvalue weighted by molar-refractivity contribution is 7.16. The molecule has 0 saturated heterocycles. The number of hydrogen-bond donors (Lipinski definition) is 2. The quantitative estimate of drug-likeness (QED) is 0.818. The Bertz CT molecular complexity index is 597. The van der Waals surface area contributed by atoms with E-state index in [1.807, 2.05) is 24.3 Å². The van der Waals surface area contributed by atoms with Gasteiger partial charge in [-0.1, -0.05) is 23.8 Å². The first-order chi connectivity index (χ1) is 10.1. The molecule has 4 nitrogen and oxygen atoms in total. The number of halogens is 1. The molecule has 112 valence electrons. The number of allylic oxidation sites excluding steroid dienone is 2. The van der Waals surface area contributed by atoms with E-state index in [2.05, 4.69) is 5.32 Å². The summed E-state index contributed by atoms with van der Waals surface area (Å²) in [5.41, 5.74) is 0. The van der Waals surface area contributed by atoms with Gasteiger partial charge in [0.25, 0.3) is 0 Å². The van der Waals surface area contributed by atoms with E-state index in [9.17, 15) is 14.7 Å². The molecule has 0 radical (unpaired) electrons. The SMILES string of the molecule is O=C(O)C1C2C=CC(C2)C1C(=O)NCCc1ccc(Cl)s1. The van der Waals surface area contributed by atoms with Crippen molar-refractivity contribution in [1.82, 2.24) is 5.32 Å². The predicted molar refractivity (Wildman–Crippen MR) is 81.4 cm³/mol. The standard InChI is InChI=1S/C15H16ClNO3S/c16-11-4-3-10(21-11)5-6-17-14(18)12-8-1-2-9(7-8)13(12)15(19)20/h1-4,8-9,12-13H,5-7H2,(H,17,18)(H,19,20). The Morgan fingerprint density at radius 1 is 1.29 bits per heavy atom. The molecule has 2 N–H and O–H groups in total. The van der Waals surface area contributed by atoms with Gasteiger partial charge in [-0.3, -0.25) is 9.59 Å². The topological polar surface area (TPSA) is 66.4 Å². The molecule has 4 atom stereocenters. The number of hydrogen-bond acceptors (Lipinski definition) is 3. The van der Waals surface area contributed by atoms with Crippen LogP contribution in [0.2, 0.25) is 4.34 Å². The fourth-order valence-electron chi connectivity index (χ4n) is 3.43. The van der Waals surface area contributed by atoms with Crippen molar-refractivity contribution in [3.8, 4) is 0 Å². The molecule has 0 aromatic carbocycles. The third kappa shape index (κ3) is 2.85. The molecule has 0 spiro atoms. The molecule has 1 aromatic rings. The van der Waals surface area contributed by atoms with Crippen LogP contribution in [0, 0.1) is 23.7 Å². The summed E-state index contributed by atoms with van der Waals surface area (Å²) in [6, 6.07) is 3.78. The van der Waals surface area contributed by atoms with E-state index < -0.39 is 17.8 Å². The summed E-state index contributed by atoms with van der Waals surface area (Å²) in [6.45, 7) is 0.514. The number of aliphatic carboxylic acids is 1. The van der Waals surface area contributed by atoms with E-state index in [-0.39, 0.29) is 17.7 Å². The van der Waals surface area contributed by atoms with Gasteiger partial charge >= 0.3 is 5.97 Å². The van der Waals surface area contributed by atoms with Crippen molar-refractivity contribution in [2.75, 3.05) is 6.54 Å². The number of thiophene rings is 1. The second-order valence-corrected chi connectivity index (χ2v) is 7.38. The van der Waals surface area contributed by atoms with Crippen LogP contribution >= 0.6 is 22.9 Å². The lowest BCUT2D eigenvalue weighted by Gasteiger charge is -2.23.